The molecule has 0 unspecified atom stereocenters. The van der Waals surface area contributed by atoms with Crippen molar-refractivity contribution >= 4 is 5.78 Å². The molecule has 0 radical (unpaired) electrons. The number of benzene rings is 2. The molecule has 0 atom stereocenters. The van der Waals surface area contributed by atoms with E-state index in [0.717, 1.165) is 41.3 Å². The molecule has 4 rings (SSSR count). The van der Waals surface area contributed by atoms with Gasteiger partial charge in [-0.15, -0.1) is 0 Å². The second-order valence-electron chi connectivity index (χ2n) is 8.34. The van der Waals surface area contributed by atoms with Crippen LogP contribution in [0.4, 0.5) is 0 Å². The lowest BCUT2D eigenvalue weighted by Crippen LogP contribution is -2.38. The number of nitrogens with one attached hydrogen (secondary N) is 1. The molecule has 1 aromatic heterocycles. The molecule has 0 aliphatic carbocycles. The van der Waals surface area contributed by atoms with Crippen molar-refractivity contribution in [3.63, 3.8) is 0 Å². The molecule has 28 heavy (non-hydrogen) atoms. The zero-order valence-electron chi connectivity index (χ0n) is 17.2. The maximum absolute atomic E-state index is 12.6. The van der Waals surface area contributed by atoms with Gasteiger partial charge in [-0.05, 0) is 47.9 Å². The summed E-state index contributed by atoms with van der Waals surface area (Å²) in [6.07, 6.45) is 0.515. The van der Waals surface area contributed by atoms with Crippen LogP contribution in [0.25, 0.3) is 16.9 Å². The van der Waals surface area contributed by atoms with E-state index in [-0.39, 0.29) is 11.2 Å². The molecule has 1 aliphatic heterocycles. The lowest BCUT2D eigenvalue weighted by molar-refractivity contribution is 0.0987. The monoisotopic (exact) mass is 372 g/mol. The van der Waals surface area contributed by atoms with Crippen molar-refractivity contribution in [3.8, 4) is 16.9 Å². The Hall–Kier alpha value is -2.65. The number of carbonyl (C=O) groups is 1. The van der Waals surface area contributed by atoms with Crippen LogP contribution in [0.2, 0.25) is 0 Å². The average Bonchev–Trinajstić information content (AvgIpc) is 3.04. The summed E-state index contributed by atoms with van der Waals surface area (Å²) in [5.41, 5.74) is 8.02. The maximum atomic E-state index is 12.6. The number of rotatable bonds is 4. The number of nitrogens with zero attached hydrogens (tertiary/aromatic N) is 1. The fourth-order valence-electron chi connectivity index (χ4n) is 4.37. The Labute approximate surface area is 167 Å². The highest BCUT2D eigenvalue weighted by atomic mass is 16.1. The minimum atomic E-state index is 0.132. The van der Waals surface area contributed by atoms with Crippen LogP contribution in [-0.2, 0) is 12.0 Å². The molecule has 0 fully saturated rings. The molecule has 144 valence electrons. The minimum Gasteiger partial charge on any atom is -0.313 e. The van der Waals surface area contributed by atoms with Crippen LogP contribution in [0.15, 0.2) is 54.6 Å². The molecule has 0 spiro atoms. The number of hydrogen-bond acceptors (Lipinski definition) is 2. The van der Waals surface area contributed by atoms with Gasteiger partial charge in [-0.25, -0.2) is 0 Å². The largest absolute Gasteiger partial charge is 0.313 e. The Balaban J connectivity index is 1.92. The molecule has 3 heteroatoms. The Bertz CT molecular complexity index is 1030. The van der Waals surface area contributed by atoms with Gasteiger partial charge in [0.1, 0.15) is 0 Å². The first kappa shape index (κ1) is 18.7. The first-order chi connectivity index (χ1) is 13.4. The van der Waals surface area contributed by atoms with Crippen LogP contribution >= 0.6 is 0 Å². The zero-order chi connectivity index (χ0) is 19.9. The van der Waals surface area contributed by atoms with Crippen molar-refractivity contribution in [1.82, 2.24) is 9.88 Å². The van der Waals surface area contributed by atoms with E-state index in [1.165, 1.54) is 11.1 Å². The number of ketones is 1. The van der Waals surface area contributed by atoms with E-state index >= 15 is 0 Å². The third-order valence-corrected chi connectivity index (χ3v) is 5.90. The summed E-state index contributed by atoms with van der Waals surface area (Å²) < 4.78 is 2.21. The minimum absolute atomic E-state index is 0.132. The van der Waals surface area contributed by atoms with Crippen LogP contribution in [0.5, 0.6) is 0 Å². The van der Waals surface area contributed by atoms with Crippen LogP contribution < -0.4 is 5.32 Å². The predicted octanol–water partition coefficient (Wildman–Crippen LogP) is 5.43. The second-order valence-corrected chi connectivity index (χ2v) is 8.34. The van der Waals surface area contributed by atoms with E-state index < -0.39 is 0 Å². The van der Waals surface area contributed by atoms with Crippen LogP contribution in [0.1, 0.15) is 54.4 Å². The van der Waals surface area contributed by atoms with Gasteiger partial charge in [0.05, 0.1) is 5.69 Å². The summed E-state index contributed by atoms with van der Waals surface area (Å²) in [4.78, 5) is 12.6. The summed E-state index contributed by atoms with van der Waals surface area (Å²) in [6.45, 7) is 10.4. The van der Waals surface area contributed by atoms with Crippen LogP contribution in [0, 0.1) is 6.92 Å². The van der Waals surface area contributed by atoms with Gasteiger partial charge >= 0.3 is 0 Å². The fraction of sp³-hybridized carbons (Fsp3) is 0.320. The molecule has 0 bridgehead atoms. The summed E-state index contributed by atoms with van der Waals surface area (Å²) in [5, 5.41) is 3.54. The van der Waals surface area contributed by atoms with Gasteiger partial charge in [0.2, 0.25) is 0 Å². The lowest BCUT2D eigenvalue weighted by Gasteiger charge is -2.33. The summed E-state index contributed by atoms with van der Waals surface area (Å²) in [7, 11) is 0. The standard InChI is InChI=1S/C25H28N2O/c1-5-24(28)21-14-23(27(17(21)2)20-9-7-6-8-10-20)18-11-12-22-19(13-18)15-26-16-25(22,3)4/h6-14,26H,5,15-16H2,1-4H3. The van der Waals surface area contributed by atoms with E-state index in [1.54, 1.807) is 0 Å². The Morgan fingerprint density at radius 3 is 2.57 bits per heavy atom. The van der Waals surface area contributed by atoms with Crippen LogP contribution in [0.3, 0.4) is 0 Å². The van der Waals surface area contributed by atoms with Crippen molar-refractivity contribution in [2.75, 3.05) is 6.54 Å². The third-order valence-electron chi connectivity index (χ3n) is 5.90. The van der Waals surface area contributed by atoms with E-state index in [0.29, 0.717) is 6.42 Å². The van der Waals surface area contributed by atoms with Gasteiger partial charge in [0, 0.05) is 41.9 Å². The number of hydrogen-bond donors (Lipinski definition) is 1. The van der Waals surface area contributed by atoms with Gasteiger partial charge < -0.3 is 9.88 Å². The average molecular weight is 373 g/mol. The molecule has 0 saturated heterocycles. The number of fused-ring (bicyclic) bond motifs is 1. The van der Waals surface area contributed by atoms with Gasteiger partial charge in [0.15, 0.2) is 5.78 Å². The normalized spacial score (nSPS) is 15.3. The van der Waals surface area contributed by atoms with E-state index in [1.807, 2.05) is 32.0 Å². The Morgan fingerprint density at radius 1 is 1.11 bits per heavy atom. The number of carbonyl (C=O) groups excluding carboxylic acids is 1. The Kier molecular flexibility index (Phi) is 4.72. The quantitative estimate of drug-likeness (QED) is 0.620. The first-order valence-electron chi connectivity index (χ1n) is 10.1. The maximum Gasteiger partial charge on any atom is 0.164 e. The smallest absolute Gasteiger partial charge is 0.164 e. The van der Waals surface area contributed by atoms with E-state index in [9.17, 15) is 4.79 Å². The molecule has 1 aliphatic rings. The number of aromatic nitrogens is 1. The summed E-state index contributed by atoms with van der Waals surface area (Å²) >= 11 is 0. The Morgan fingerprint density at radius 2 is 1.86 bits per heavy atom. The molecular formula is C25H28N2O. The van der Waals surface area contributed by atoms with Crippen molar-refractivity contribution < 1.29 is 4.79 Å². The van der Waals surface area contributed by atoms with Crippen LogP contribution in [-0.4, -0.2) is 16.9 Å². The highest BCUT2D eigenvalue weighted by Gasteiger charge is 2.28. The van der Waals surface area contributed by atoms with Gasteiger partial charge in [-0.1, -0.05) is 51.1 Å². The molecule has 1 N–H and O–H groups in total. The number of para-hydroxylation sites is 1. The molecule has 0 amide bonds. The third kappa shape index (κ3) is 3.10. The molecule has 2 heterocycles. The molecule has 2 aromatic carbocycles. The molecule has 0 saturated carbocycles. The van der Waals surface area contributed by atoms with Crippen molar-refractivity contribution in [3.05, 3.63) is 77.0 Å². The summed E-state index contributed by atoms with van der Waals surface area (Å²) in [5.74, 6) is 0.189. The highest BCUT2D eigenvalue weighted by Crippen LogP contribution is 2.35. The number of Topliss-reactive ketones (excluding diaryl/α,β-unsaturated/α-hetero) is 1. The van der Waals surface area contributed by atoms with Crippen molar-refractivity contribution in [2.24, 2.45) is 0 Å². The van der Waals surface area contributed by atoms with Gasteiger partial charge in [0.25, 0.3) is 0 Å². The second kappa shape index (κ2) is 7.06. The van der Waals surface area contributed by atoms with Gasteiger partial charge in [-0.3, -0.25) is 4.79 Å². The van der Waals surface area contributed by atoms with Gasteiger partial charge in [-0.2, -0.15) is 0 Å². The highest BCUT2D eigenvalue weighted by molar-refractivity contribution is 5.98. The molecule has 3 nitrogen and oxygen atoms in total. The van der Waals surface area contributed by atoms with E-state index in [4.69, 9.17) is 0 Å². The predicted molar refractivity (Wildman–Crippen MR) is 115 cm³/mol. The van der Waals surface area contributed by atoms with E-state index in [2.05, 4.69) is 60.1 Å². The molecule has 3 aromatic rings. The summed E-state index contributed by atoms with van der Waals surface area (Å²) in [6, 6.07) is 19.1. The fourth-order valence-corrected chi connectivity index (χ4v) is 4.37. The zero-order valence-corrected chi connectivity index (χ0v) is 17.2. The first-order valence-corrected chi connectivity index (χ1v) is 10.1. The van der Waals surface area contributed by atoms with Crippen molar-refractivity contribution in [1.29, 1.82) is 0 Å². The SMILES string of the molecule is CCC(=O)c1cc(-c2ccc3c(c2)CNCC3(C)C)n(-c2ccccc2)c1C. The lowest BCUT2D eigenvalue weighted by atomic mass is 9.78. The van der Waals surface area contributed by atoms with Crippen molar-refractivity contribution in [2.45, 2.75) is 46.1 Å². The molecular weight excluding hydrogens is 344 g/mol. The topological polar surface area (TPSA) is 34.0 Å².